The quantitative estimate of drug-likeness (QED) is 0.686. The molecule has 0 aromatic heterocycles. The molecule has 0 saturated heterocycles. The van der Waals surface area contributed by atoms with Crippen LogP contribution in [0.15, 0.2) is 30.3 Å². The molecule has 1 N–H and O–H groups in total. The average Bonchev–Trinajstić information content (AvgIpc) is 2.11. The van der Waals surface area contributed by atoms with Crippen LogP contribution in [-0.2, 0) is 5.75 Å². The SMILES string of the molecule is CC.OSCc1ccccc1. The Labute approximate surface area is 72.7 Å². The third kappa shape index (κ3) is 4.87. The minimum atomic E-state index is 0.681. The van der Waals surface area contributed by atoms with Crippen molar-refractivity contribution in [3.8, 4) is 0 Å². The summed E-state index contributed by atoms with van der Waals surface area (Å²) in [4.78, 5) is 0. The molecule has 2 heteroatoms. The highest BCUT2D eigenvalue weighted by Gasteiger charge is 1.86. The minimum Gasteiger partial charge on any atom is -0.330 e. The summed E-state index contributed by atoms with van der Waals surface area (Å²) in [5.41, 5.74) is 1.16. The van der Waals surface area contributed by atoms with E-state index in [4.69, 9.17) is 4.55 Å². The van der Waals surface area contributed by atoms with E-state index in [2.05, 4.69) is 0 Å². The summed E-state index contributed by atoms with van der Waals surface area (Å²) in [7, 11) is 0. The van der Waals surface area contributed by atoms with Crippen molar-refractivity contribution in [1.82, 2.24) is 0 Å². The number of rotatable bonds is 2. The van der Waals surface area contributed by atoms with Gasteiger partial charge in [-0.25, -0.2) is 0 Å². The molecule has 0 aliphatic heterocycles. The number of hydrogen-bond donors (Lipinski definition) is 1. The lowest BCUT2D eigenvalue weighted by Crippen LogP contribution is -1.75. The summed E-state index contributed by atoms with van der Waals surface area (Å²) >= 11 is 0.855. The van der Waals surface area contributed by atoms with Crippen molar-refractivity contribution in [1.29, 1.82) is 0 Å². The van der Waals surface area contributed by atoms with Crippen LogP contribution in [0.3, 0.4) is 0 Å². The van der Waals surface area contributed by atoms with Crippen LogP contribution in [0.25, 0.3) is 0 Å². The Balaban J connectivity index is 0.000000461. The van der Waals surface area contributed by atoms with Crippen LogP contribution in [0.4, 0.5) is 0 Å². The molecule has 0 heterocycles. The topological polar surface area (TPSA) is 20.2 Å². The van der Waals surface area contributed by atoms with Gasteiger partial charge < -0.3 is 4.55 Å². The van der Waals surface area contributed by atoms with Gasteiger partial charge in [-0.15, -0.1) is 0 Å². The van der Waals surface area contributed by atoms with Crippen molar-refractivity contribution >= 4 is 12.0 Å². The lowest BCUT2D eigenvalue weighted by atomic mass is 10.2. The fraction of sp³-hybridized carbons (Fsp3) is 0.333. The van der Waals surface area contributed by atoms with Crippen molar-refractivity contribution < 1.29 is 4.55 Å². The van der Waals surface area contributed by atoms with Crippen LogP contribution >= 0.6 is 12.0 Å². The van der Waals surface area contributed by atoms with Gasteiger partial charge in [0.05, 0.1) is 0 Å². The van der Waals surface area contributed by atoms with Crippen LogP contribution in [0, 0.1) is 0 Å². The van der Waals surface area contributed by atoms with E-state index in [0.29, 0.717) is 5.75 Å². The Morgan fingerprint density at radius 1 is 1.18 bits per heavy atom. The van der Waals surface area contributed by atoms with Crippen LogP contribution in [0.5, 0.6) is 0 Å². The van der Waals surface area contributed by atoms with E-state index in [1.165, 1.54) is 0 Å². The van der Waals surface area contributed by atoms with Gasteiger partial charge in [0.15, 0.2) is 0 Å². The predicted octanol–water partition coefficient (Wildman–Crippen LogP) is 3.42. The van der Waals surface area contributed by atoms with Gasteiger partial charge in [-0.05, 0) is 17.6 Å². The summed E-state index contributed by atoms with van der Waals surface area (Å²) in [5.74, 6) is 0.681. The molecular weight excluding hydrogens is 156 g/mol. The maximum atomic E-state index is 8.44. The molecule has 1 rings (SSSR count). The van der Waals surface area contributed by atoms with Crippen molar-refractivity contribution in [3.63, 3.8) is 0 Å². The Bertz CT molecular complexity index is 162. The number of benzene rings is 1. The smallest absolute Gasteiger partial charge is 0.0446 e. The van der Waals surface area contributed by atoms with Gasteiger partial charge in [0, 0.05) is 5.75 Å². The summed E-state index contributed by atoms with van der Waals surface area (Å²) in [5, 5.41) is 0. The molecule has 0 atom stereocenters. The van der Waals surface area contributed by atoms with Gasteiger partial charge in [0.2, 0.25) is 0 Å². The molecule has 0 aliphatic rings. The van der Waals surface area contributed by atoms with Crippen molar-refractivity contribution in [2.45, 2.75) is 19.6 Å². The van der Waals surface area contributed by atoms with E-state index in [-0.39, 0.29) is 0 Å². The molecule has 0 radical (unpaired) electrons. The zero-order valence-electron chi connectivity index (χ0n) is 6.95. The van der Waals surface area contributed by atoms with Crippen molar-refractivity contribution in [2.75, 3.05) is 0 Å². The van der Waals surface area contributed by atoms with Crippen LogP contribution in [-0.4, -0.2) is 4.55 Å². The molecule has 1 aromatic rings. The second-order valence-electron chi connectivity index (χ2n) is 1.76. The normalized spacial score (nSPS) is 8.27. The molecular formula is C9H14OS. The fourth-order valence-corrected chi connectivity index (χ4v) is 0.990. The molecule has 1 nitrogen and oxygen atoms in total. The summed E-state index contributed by atoms with van der Waals surface area (Å²) in [6, 6.07) is 9.87. The third-order valence-corrected chi connectivity index (χ3v) is 1.54. The minimum absolute atomic E-state index is 0.681. The van der Waals surface area contributed by atoms with E-state index < -0.39 is 0 Å². The Hall–Kier alpha value is -0.470. The van der Waals surface area contributed by atoms with Crippen molar-refractivity contribution in [2.24, 2.45) is 0 Å². The first-order chi connectivity index (χ1) is 5.43. The standard InChI is InChI=1S/C7H8OS.C2H6/c8-9-6-7-4-2-1-3-5-7;1-2/h1-5,8H,6H2;1-2H3. The highest BCUT2D eigenvalue weighted by atomic mass is 32.2. The van der Waals surface area contributed by atoms with Gasteiger partial charge in [-0.1, -0.05) is 44.2 Å². The highest BCUT2D eigenvalue weighted by Crippen LogP contribution is 2.06. The molecule has 62 valence electrons. The largest absolute Gasteiger partial charge is 0.330 e. The lowest BCUT2D eigenvalue weighted by molar-refractivity contribution is 0.663. The second-order valence-corrected chi connectivity index (χ2v) is 2.31. The first-order valence-electron chi connectivity index (χ1n) is 3.74. The molecule has 11 heavy (non-hydrogen) atoms. The highest BCUT2D eigenvalue weighted by molar-refractivity contribution is 7.92. The second kappa shape index (κ2) is 7.63. The molecule has 0 unspecified atom stereocenters. The van der Waals surface area contributed by atoms with Gasteiger partial charge in [0.1, 0.15) is 0 Å². The molecule has 0 spiro atoms. The summed E-state index contributed by atoms with van der Waals surface area (Å²) < 4.78 is 8.44. The lowest BCUT2D eigenvalue weighted by Gasteiger charge is -1.92. The molecule has 0 saturated carbocycles. The van der Waals surface area contributed by atoms with Crippen LogP contribution in [0.2, 0.25) is 0 Å². The van der Waals surface area contributed by atoms with Crippen LogP contribution < -0.4 is 0 Å². The maximum absolute atomic E-state index is 8.44. The zero-order chi connectivity index (χ0) is 8.53. The molecule has 1 aromatic carbocycles. The Kier molecular flexibility index (Phi) is 7.31. The first-order valence-corrected chi connectivity index (χ1v) is 4.68. The average molecular weight is 170 g/mol. The van der Waals surface area contributed by atoms with E-state index in [0.717, 1.165) is 17.6 Å². The maximum Gasteiger partial charge on any atom is 0.0446 e. The van der Waals surface area contributed by atoms with Crippen molar-refractivity contribution in [3.05, 3.63) is 35.9 Å². The van der Waals surface area contributed by atoms with Crippen LogP contribution in [0.1, 0.15) is 19.4 Å². The first kappa shape index (κ1) is 10.5. The summed E-state index contributed by atoms with van der Waals surface area (Å²) in [6.45, 7) is 4.00. The van der Waals surface area contributed by atoms with Gasteiger partial charge >= 0.3 is 0 Å². The number of hydrogen-bond acceptors (Lipinski definition) is 2. The Morgan fingerprint density at radius 2 is 1.73 bits per heavy atom. The molecule has 0 fully saturated rings. The van der Waals surface area contributed by atoms with E-state index in [1.54, 1.807) is 0 Å². The molecule has 0 aliphatic carbocycles. The molecule has 0 bridgehead atoms. The van der Waals surface area contributed by atoms with E-state index >= 15 is 0 Å². The predicted molar refractivity (Wildman–Crippen MR) is 51.7 cm³/mol. The van der Waals surface area contributed by atoms with Gasteiger partial charge in [-0.2, -0.15) is 0 Å². The third-order valence-electron chi connectivity index (χ3n) is 1.07. The Morgan fingerprint density at radius 3 is 2.18 bits per heavy atom. The monoisotopic (exact) mass is 170 g/mol. The van der Waals surface area contributed by atoms with Gasteiger partial charge in [0.25, 0.3) is 0 Å². The zero-order valence-corrected chi connectivity index (χ0v) is 7.77. The van der Waals surface area contributed by atoms with Gasteiger partial charge in [-0.3, -0.25) is 0 Å². The van der Waals surface area contributed by atoms with E-state index in [1.807, 2.05) is 44.2 Å². The fourth-order valence-electron chi connectivity index (χ4n) is 0.649. The summed E-state index contributed by atoms with van der Waals surface area (Å²) in [6.07, 6.45) is 0. The van der Waals surface area contributed by atoms with E-state index in [9.17, 15) is 0 Å². The molecule has 0 amide bonds.